The van der Waals surface area contributed by atoms with Crippen molar-refractivity contribution in [2.45, 2.75) is 53.3 Å². The Morgan fingerprint density at radius 1 is 1.26 bits per heavy atom. The number of carbonyl (C=O) groups is 2. The summed E-state index contributed by atoms with van der Waals surface area (Å²) in [5, 5.41) is 10.6. The summed E-state index contributed by atoms with van der Waals surface area (Å²) >= 11 is 11.9. The van der Waals surface area contributed by atoms with Crippen LogP contribution in [-0.2, 0) is 19.4 Å². The van der Waals surface area contributed by atoms with Crippen molar-refractivity contribution in [3.05, 3.63) is 28.2 Å². The Hall–Kier alpha value is -1.96. The van der Waals surface area contributed by atoms with E-state index in [-0.39, 0.29) is 21.4 Å². The molecule has 1 aromatic rings. The van der Waals surface area contributed by atoms with Crippen molar-refractivity contribution in [1.29, 1.82) is 5.26 Å². The number of hydrogen-bond donors (Lipinski definition) is 1. The smallest absolute Gasteiger partial charge is 0.260 e. The van der Waals surface area contributed by atoms with Crippen molar-refractivity contribution in [3.8, 4) is 6.07 Å². The van der Waals surface area contributed by atoms with Gasteiger partial charge in [0.05, 0.1) is 21.2 Å². The molecule has 7 nitrogen and oxygen atoms in total. The zero-order chi connectivity index (χ0) is 22.8. The van der Waals surface area contributed by atoms with Gasteiger partial charge in [-0.2, -0.15) is 5.26 Å². The number of benzene rings is 1. The summed E-state index contributed by atoms with van der Waals surface area (Å²) in [6.45, 7) is -0.426. The number of carbonyl (C=O) groups excluding carboxylic acids is 2. The first-order chi connectivity index (χ1) is 14.4. The highest BCUT2D eigenvalue weighted by Gasteiger charge is 2.64. The molecule has 0 aromatic heterocycles. The number of nitriles is 1. The van der Waals surface area contributed by atoms with E-state index in [1.807, 2.05) is 6.07 Å². The highest BCUT2D eigenvalue weighted by atomic mass is 35.5. The van der Waals surface area contributed by atoms with Crippen LogP contribution in [-0.4, -0.2) is 54.4 Å². The Bertz CT molecular complexity index is 1120. The Kier molecular flexibility index (Phi) is 5.23. The molecule has 2 aliphatic carbocycles. The lowest BCUT2D eigenvalue weighted by molar-refractivity contribution is -0.141. The van der Waals surface area contributed by atoms with Crippen LogP contribution in [0.3, 0.4) is 0 Å². The molecule has 0 spiro atoms. The predicted molar refractivity (Wildman–Crippen MR) is 106 cm³/mol. The van der Waals surface area contributed by atoms with Gasteiger partial charge in [-0.05, 0) is 37.5 Å². The van der Waals surface area contributed by atoms with Crippen LogP contribution in [0, 0.1) is 17.2 Å². The molecule has 1 aromatic carbocycles. The number of alkyl halides is 2. The van der Waals surface area contributed by atoms with E-state index < -0.39 is 63.3 Å². The fraction of sp³-hybridized carbons (Fsp3) is 0.526. The maximum atomic E-state index is 13.5. The predicted octanol–water partition coefficient (Wildman–Crippen LogP) is 2.56. The number of nitrogens with one attached hydrogen (secondary N) is 1. The largest absolute Gasteiger partial charge is 0.336 e. The maximum Gasteiger partial charge on any atom is 0.260 e. The van der Waals surface area contributed by atoms with Crippen molar-refractivity contribution < 1.29 is 26.8 Å². The molecule has 31 heavy (non-hydrogen) atoms. The van der Waals surface area contributed by atoms with Gasteiger partial charge in [0.15, 0.2) is 9.84 Å². The van der Waals surface area contributed by atoms with E-state index >= 15 is 0 Å². The SMILES string of the molecule is N#CC1(NC(=O)C2CC(S(=O)(=O)c3ccc(Cl)cc3Cl)CN2C(=O)C2CC2(F)F)CC1. The van der Waals surface area contributed by atoms with Crippen molar-refractivity contribution in [2.75, 3.05) is 6.54 Å². The summed E-state index contributed by atoms with van der Waals surface area (Å²) in [4.78, 5) is 26.2. The number of likely N-dealkylation sites (tertiary alicyclic amines) is 1. The number of hydrogen-bond acceptors (Lipinski definition) is 5. The van der Waals surface area contributed by atoms with Crippen molar-refractivity contribution in [2.24, 2.45) is 5.92 Å². The van der Waals surface area contributed by atoms with E-state index in [1.54, 1.807) is 0 Å². The van der Waals surface area contributed by atoms with Gasteiger partial charge < -0.3 is 10.2 Å². The molecule has 3 atom stereocenters. The molecule has 3 unspecified atom stereocenters. The number of amides is 2. The number of nitrogens with zero attached hydrogens (tertiary/aromatic N) is 2. The standard InChI is InChI=1S/C19H17Cl2F2N3O4S/c20-10-1-2-15(13(21)5-10)31(29,30)11-6-14(16(27)25-18(9-24)3-4-18)26(8-11)17(28)12-7-19(12,22)23/h1-2,5,11-12,14H,3-4,6-8H2,(H,25,27). The monoisotopic (exact) mass is 491 g/mol. The van der Waals surface area contributed by atoms with Gasteiger partial charge in [0.25, 0.3) is 5.92 Å². The van der Waals surface area contributed by atoms with Crippen LogP contribution < -0.4 is 5.32 Å². The lowest BCUT2D eigenvalue weighted by Gasteiger charge is -2.24. The molecule has 2 saturated carbocycles. The van der Waals surface area contributed by atoms with Gasteiger partial charge in [-0.1, -0.05) is 23.2 Å². The molecule has 1 aliphatic heterocycles. The highest BCUT2D eigenvalue weighted by Crippen LogP contribution is 2.50. The minimum absolute atomic E-state index is 0.117. The van der Waals surface area contributed by atoms with Crippen LogP contribution in [0.25, 0.3) is 0 Å². The maximum absolute atomic E-state index is 13.5. The summed E-state index contributed by atoms with van der Waals surface area (Å²) in [5.74, 6) is -6.43. The van der Waals surface area contributed by atoms with E-state index in [0.717, 1.165) is 4.90 Å². The van der Waals surface area contributed by atoms with Crippen LogP contribution >= 0.6 is 23.2 Å². The zero-order valence-corrected chi connectivity index (χ0v) is 18.3. The summed E-state index contributed by atoms with van der Waals surface area (Å²) in [6, 6.07) is 4.52. The van der Waals surface area contributed by atoms with Crippen LogP contribution in [0.4, 0.5) is 8.78 Å². The molecule has 12 heteroatoms. The Morgan fingerprint density at radius 3 is 2.42 bits per heavy atom. The van der Waals surface area contributed by atoms with Crippen LogP contribution in [0.5, 0.6) is 0 Å². The first-order valence-electron chi connectivity index (χ1n) is 9.51. The topological polar surface area (TPSA) is 107 Å². The molecular weight excluding hydrogens is 475 g/mol. The van der Waals surface area contributed by atoms with E-state index in [2.05, 4.69) is 5.32 Å². The molecule has 0 radical (unpaired) electrons. The summed E-state index contributed by atoms with van der Waals surface area (Å²) in [6.07, 6.45) is -0.0741. The first kappa shape index (κ1) is 22.2. The van der Waals surface area contributed by atoms with Crippen molar-refractivity contribution in [3.63, 3.8) is 0 Å². The third kappa shape index (κ3) is 3.99. The highest BCUT2D eigenvalue weighted by molar-refractivity contribution is 7.92. The third-order valence-corrected chi connectivity index (χ3v) is 8.79. The second-order valence-electron chi connectivity index (χ2n) is 8.18. The molecule has 0 bridgehead atoms. The minimum Gasteiger partial charge on any atom is -0.336 e. The van der Waals surface area contributed by atoms with Gasteiger partial charge in [-0.15, -0.1) is 0 Å². The summed E-state index contributed by atoms with van der Waals surface area (Å²) in [5.41, 5.74) is -1.05. The molecule has 3 fully saturated rings. The van der Waals surface area contributed by atoms with Gasteiger partial charge >= 0.3 is 0 Å². The average Bonchev–Trinajstić information content (AvgIpc) is 3.53. The fourth-order valence-electron chi connectivity index (χ4n) is 3.79. The first-order valence-corrected chi connectivity index (χ1v) is 11.8. The van der Waals surface area contributed by atoms with Crippen molar-refractivity contribution in [1.82, 2.24) is 10.2 Å². The molecule has 3 aliphatic rings. The Morgan fingerprint density at radius 2 is 1.90 bits per heavy atom. The molecule has 1 heterocycles. The van der Waals surface area contributed by atoms with Crippen molar-refractivity contribution >= 4 is 44.9 Å². The van der Waals surface area contributed by atoms with E-state index in [9.17, 15) is 32.0 Å². The molecule has 4 rings (SSSR count). The van der Waals surface area contributed by atoms with Gasteiger partial charge in [0.2, 0.25) is 11.8 Å². The Labute approximate surface area is 187 Å². The molecular formula is C19H17Cl2F2N3O4S. The zero-order valence-electron chi connectivity index (χ0n) is 15.9. The summed E-state index contributed by atoms with van der Waals surface area (Å²) < 4.78 is 53.4. The number of sulfone groups is 1. The quantitative estimate of drug-likeness (QED) is 0.680. The van der Waals surface area contributed by atoms with Gasteiger partial charge in [-0.3, -0.25) is 9.59 Å². The van der Waals surface area contributed by atoms with Crippen LogP contribution in [0.15, 0.2) is 23.1 Å². The van der Waals surface area contributed by atoms with Gasteiger partial charge in [0.1, 0.15) is 17.5 Å². The van der Waals surface area contributed by atoms with Crippen LogP contribution in [0.2, 0.25) is 10.0 Å². The second-order valence-corrected chi connectivity index (χ2v) is 11.2. The van der Waals surface area contributed by atoms with E-state index in [4.69, 9.17) is 23.2 Å². The number of halogens is 4. The van der Waals surface area contributed by atoms with E-state index in [1.165, 1.54) is 18.2 Å². The lowest BCUT2D eigenvalue weighted by Crippen LogP contribution is -2.50. The second kappa shape index (κ2) is 7.29. The van der Waals surface area contributed by atoms with Gasteiger partial charge in [0, 0.05) is 18.0 Å². The molecule has 2 amide bonds. The van der Waals surface area contributed by atoms with Crippen LogP contribution in [0.1, 0.15) is 25.7 Å². The third-order valence-electron chi connectivity index (χ3n) is 5.94. The summed E-state index contributed by atoms with van der Waals surface area (Å²) in [7, 11) is -4.10. The molecule has 166 valence electrons. The molecule has 1 N–H and O–H groups in total. The van der Waals surface area contributed by atoms with Gasteiger partial charge in [-0.25, -0.2) is 17.2 Å². The lowest BCUT2D eigenvalue weighted by atomic mass is 10.1. The molecule has 1 saturated heterocycles. The minimum atomic E-state index is -4.10. The van der Waals surface area contributed by atoms with E-state index in [0.29, 0.717) is 12.8 Å². The fourth-order valence-corrected chi connectivity index (χ4v) is 6.26. The average molecular weight is 492 g/mol. The normalized spacial score (nSPS) is 28.0. The number of rotatable bonds is 5. The Balaban J connectivity index is 1.63.